The summed E-state index contributed by atoms with van der Waals surface area (Å²) in [6, 6.07) is 1.11. The molecule has 0 atom stereocenters. The first-order chi connectivity index (χ1) is 8.56. The molecule has 0 aliphatic carbocycles. The summed E-state index contributed by atoms with van der Waals surface area (Å²) in [5, 5.41) is 3.40. The fraction of sp³-hybridized carbons (Fsp3) is 1.00. The van der Waals surface area contributed by atoms with Crippen LogP contribution in [0.1, 0.15) is 47.0 Å². The predicted octanol–water partition coefficient (Wildman–Crippen LogP) is 1.78. The summed E-state index contributed by atoms with van der Waals surface area (Å²) in [5.41, 5.74) is 5.43. The second-order valence-electron chi connectivity index (χ2n) is 5.19. The van der Waals surface area contributed by atoms with Crippen LogP contribution in [0.3, 0.4) is 0 Å². The lowest BCUT2D eigenvalue weighted by Gasteiger charge is -2.21. The predicted molar refractivity (Wildman–Crippen MR) is 80.2 cm³/mol. The van der Waals surface area contributed by atoms with Gasteiger partial charge >= 0.3 is 9.28 Å². The standard InChI is InChI=1S/C13H32N2O2Si/c1-12(2)16-18(17-13(3)4)11-6-5-9-15-10-7-8-14/h12-13,15,18H,5-11,14H2,1-4H3. The second kappa shape index (κ2) is 12.1. The molecule has 5 heteroatoms. The van der Waals surface area contributed by atoms with Crippen LogP contribution in [0, 0.1) is 0 Å². The Hall–Kier alpha value is 0.0569. The van der Waals surface area contributed by atoms with Crippen molar-refractivity contribution in [1.29, 1.82) is 0 Å². The topological polar surface area (TPSA) is 56.5 Å². The van der Waals surface area contributed by atoms with Crippen LogP contribution in [0.5, 0.6) is 0 Å². The van der Waals surface area contributed by atoms with Crippen molar-refractivity contribution in [2.75, 3.05) is 19.6 Å². The lowest BCUT2D eigenvalue weighted by molar-refractivity contribution is 0.129. The summed E-state index contributed by atoms with van der Waals surface area (Å²) in [5.74, 6) is 0. The highest BCUT2D eigenvalue weighted by atomic mass is 28.3. The first kappa shape index (κ1) is 18.1. The minimum atomic E-state index is -1.46. The number of hydrogen-bond donors (Lipinski definition) is 2. The first-order valence-electron chi connectivity index (χ1n) is 7.28. The molecular weight excluding hydrogens is 244 g/mol. The molecule has 0 heterocycles. The molecule has 0 aromatic rings. The molecule has 3 N–H and O–H groups in total. The van der Waals surface area contributed by atoms with Crippen molar-refractivity contribution < 1.29 is 8.85 Å². The van der Waals surface area contributed by atoms with E-state index in [9.17, 15) is 0 Å². The molecule has 0 aromatic carbocycles. The third kappa shape index (κ3) is 12.5. The second-order valence-corrected chi connectivity index (χ2v) is 7.17. The molecule has 0 spiro atoms. The summed E-state index contributed by atoms with van der Waals surface area (Å²) >= 11 is 0. The average molecular weight is 276 g/mol. The van der Waals surface area contributed by atoms with Gasteiger partial charge in [0.05, 0.1) is 0 Å². The molecule has 0 bridgehead atoms. The Kier molecular flexibility index (Phi) is 12.1. The van der Waals surface area contributed by atoms with E-state index in [1.165, 1.54) is 12.8 Å². The van der Waals surface area contributed by atoms with E-state index in [0.717, 1.165) is 32.1 Å². The Morgan fingerprint density at radius 2 is 1.50 bits per heavy atom. The Labute approximate surface area is 114 Å². The van der Waals surface area contributed by atoms with Gasteiger partial charge in [0.15, 0.2) is 0 Å². The monoisotopic (exact) mass is 276 g/mol. The van der Waals surface area contributed by atoms with Gasteiger partial charge in [0.1, 0.15) is 0 Å². The van der Waals surface area contributed by atoms with Crippen LogP contribution < -0.4 is 11.1 Å². The molecule has 0 unspecified atom stereocenters. The summed E-state index contributed by atoms with van der Waals surface area (Å²) in [7, 11) is -1.46. The molecule has 0 aliphatic rings. The van der Waals surface area contributed by atoms with Crippen LogP contribution in [-0.2, 0) is 8.85 Å². The Morgan fingerprint density at radius 3 is 2.00 bits per heavy atom. The van der Waals surface area contributed by atoms with E-state index in [0.29, 0.717) is 0 Å². The quantitative estimate of drug-likeness (QED) is 0.421. The molecular formula is C13H32N2O2Si. The van der Waals surface area contributed by atoms with E-state index in [1.54, 1.807) is 0 Å². The van der Waals surface area contributed by atoms with E-state index < -0.39 is 9.28 Å². The van der Waals surface area contributed by atoms with Crippen molar-refractivity contribution >= 4 is 9.28 Å². The van der Waals surface area contributed by atoms with Gasteiger partial charge in [-0.2, -0.15) is 0 Å². The maximum Gasteiger partial charge on any atom is 0.321 e. The summed E-state index contributed by atoms with van der Waals surface area (Å²) in [6.45, 7) is 11.2. The van der Waals surface area contributed by atoms with Gasteiger partial charge in [-0.15, -0.1) is 0 Å². The highest BCUT2D eigenvalue weighted by Gasteiger charge is 2.16. The van der Waals surface area contributed by atoms with E-state index >= 15 is 0 Å². The summed E-state index contributed by atoms with van der Waals surface area (Å²) in [6.07, 6.45) is 4.00. The lowest BCUT2D eigenvalue weighted by Crippen LogP contribution is -2.29. The number of unbranched alkanes of at least 4 members (excludes halogenated alkanes) is 1. The molecule has 0 aliphatic heterocycles. The summed E-state index contributed by atoms with van der Waals surface area (Å²) < 4.78 is 11.8. The van der Waals surface area contributed by atoms with Gasteiger partial charge in [0.25, 0.3) is 0 Å². The van der Waals surface area contributed by atoms with Crippen LogP contribution in [-0.4, -0.2) is 41.1 Å². The van der Waals surface area contributed by atoms with Gasteiger partial charge in [0.2, 0.25) is 0 Å². The molecule has 0 radical (unpaired) electrons. The SMILES string of the molecule is CC(C)O[SiH](CCCCNCCCN)OC(C)C. The van der Waals surface area contributed by atoms with Crippen molar-refractivity contribution in [3.63, 3.8) is 0 Å². The van der Waals surface area contributed by atoms with Crippen LogP contribution in [0.4, 0.5) is 0 Å². The molecule has 0 rings (SSSR count). The zero-order valence-corrected chi connectivity index (χ0v) is 13.7. The average Bonchev–Trinajstić information content (AvgIpc) is 2.26. The zero-order valence-electron chi connectivity index (χ0n) is 12.6. The van der Waals surface area contributed by atoms with E-state index in [2.05, 4.69) is 33.0 Å². The molecule has 110 valence electrons. The zero-order chi connectivity index (χ0) is 13.8. The third-order valence-corrected chi connectivity index (χ3v) is 5.02. The Balaban J connectivity index is 3.56. The van der Waals surface area contributed by atoms with Crippen LogP contribution in [0.15, 0.2) is 0 Å². The number of nitrogens with two attached hydrogens (primary N) is 1. The number of hydrogen-bond acceptors (Lipinski definition) is 4. The fourth-order valence-electron chi connectivity index (χ4n) is 1.69. The van der Waals surface area contributed by atoms with Crippen LogP contribution in [0.25, 0.3) is 0 Å². The molecule has 0 aromatic heterocycles. The molecule has 0 saturated heterocycles. The van der Waals surface area contributed by atoms with Gasteiger partial charge in [-0.1, -0.05) is 6.42 Å². The molecule has 0 amide bonds. The van der Waals surface area contributed by atoms with Gasteiger partial charge in [-0.3, -0.25) is 0 Å². The van der Waals surface area contributed by atoms with Gasteiger partial charge in [-0.05, 0) is 66.2 Å². The smallest absolute Gasteiger partial charge is 0.321 e. The minimum absolute atomic E-state index is 0.281. The van der Waals surface area contributed by atoms with E-state index in [1.807, 2.05) is 0 Å². The first-order valence-corrected chi connectivity index (χ1v) is 9.04. The van der Waals surface area contributed by atoms with Crippen molar-refractivity contribution in [1.82, 2.24) is 5.32 Å². The van der Waals surface area contributed by atoms with Crippen LogP contribution >= 0.6 is 0 Å². The third-order valence-electron chi connectivity index (χ3n) is 2.45. The highest BCUT2D eigenvalue weighted by Crippen LogP contribution is 2.09. The lowest BCUT2D eigenvalue weighted by atomic mass is 10.3. The Bertz CT molecular complexity index is 170. The maximum atomic E-state index is 5.89. The van der Waals surface area contributed by atoms with Gasteiger partial charge in [-0.25, -0.2) is 0 Å². The molecule has 4 nitrogen and oxygen atoms in total. The molecule has 0 saturated carbocycles. The van der Waals surface area contributed by atoms with Crippen molar-refractivity contribution in [2.45, 2.75) is 65.2 Å². The molecule has 18 heavy (non-hydrogen) atoms. The minimum Gasteiger partial charge on any atom is -0.394 e. The van der Waals surface area contributed by atoms with Gasteiger partial charge in [0, 0.05) is 12.2 Å². The highest BCUT2D eigenvalue weighted by molar-refractivity contribution is 6.44. The largest absolute Gasteiger partial charge is 0.394 e. The van der Waals surface area contributed by atoms with Crippen molar-refractivity contribution in [2.24, 2.45) is 5.73 Å². The fourth-order valence-corrected chi connectivity index (χ4v) is 3.86. The summed E-state index contributed by atoms with van der Waals surface area (Å²) in [4.78, 5) is 0. The van der Waals surface area contributed by atoms with Crippen molar-refractivity contribution in [3.8, 4) is 0 Å². The van der Waals surface area contributed by atoms with Crippen LogP contribution in [0.2, 0.25) is 6.04 Å². The van der Waals surface area contributed by atoms with E-state index in [-0.39, 0.29) is 12.2 Å². The number of rotatable bonds is 12. The molecule has 0 fully saturated rings. The number of nitrogens with one attached hydrogen (secondary N) is 1. The normalized spacial score (nSPS) is 12.0. The maximum absolute atomic E-state index is 5.89. The Morgan fingerprint density at radius 1 is 0.944 bits per heavy atom. The van der Waals surface area contributed by atoms with Gasteiger partial charge < -0.3 is 19.9 Å². The van der Waals surface area contributed by atoms with Crippen molar-refractivity contribution in [3.05, 3.63) is 0 Å². The van der Waals surface area contributed by atoms with E-state index in [4.69, 9.17) is 14.6 Å².